The number of hydrogen-bond acceptors (Lipinski definition) is 5. The van der Waals surface area contributed by atoms with Crippen LogP contribution in [-0.4, -0.2) is 20.9 Å². The maximum Gasteiger partial charge on any atom is 0.323 e. The third-order valence-corrected chi connectivity index (χ3v) is 4.51. The number of nitriles is 1. The van der Waals surface area contributed by atoms with Crippen molar-refractivity contribution in [2.75, 3.05) is 16.4 Å². The van der Waals surface area contributed by atoms with Gasteiger partial charge in [0.1, 0.15) is 11.6 Å². The fourth-order valence-electron chi connectivity index (χ4n) is 3.16. The van der Waals surface area contributed by atoms with E-state index in [4.69, 9.17) is 11.0 Å². The normalized spacial score (nSPS) is 10.6. The van der Waals surface area contributed by atoms with Gasteiger partial charge in [0.2, 0.25) is 0 Å². The summed E-state index contributed by atoms with van der Waals surface area (Å²) < 4.78 is 15.8. The van der Waals surface area contributed by atoms with E-state index in [-0.39, 0.29) is 11.3 Å². The molecule has 0 aliphatic carbocycles. The third kappa shape index (κ3) is 3.49. The average Bonchev–Trinajstić information content (AvgIpc) is 3.12. The number of carbonyl (C=O) groups excluding carboxylic acids is 1. The SMILES string of the molecule is Cc1cc(C#N)c(F)c(NC(=O)Nc2ccc(-c3cccn4nnc(N)c34)cc2)c1. The minimum Gasteiger partial charge on any atom is -0.380 e. The smallest absolute Gasteiger partial charge is 0.323 e. The summed E-state index contributed by atoms with van der Waals surface area (Å²) in [6.45, 7) is 1.71. The number of halogens is 1. The van der Waals surface area contributed by atoms with E-state index < -0.39 is 11.8 Å². The summed E-state index contributed by atoms with van der Waals surface area (Å²) in [5.41, 5.74) is 9.31. The van der Waals surface area contributed by atoms with Crippen molar-refractivity contribution in [1.29, 1.82) is 5.26 Å². The van der Waals surface area contributed by atoms with Gasteiger partial charge in [-0.05, 0) is 48.4 Å². The molecule has 0 unspecified atom stereocenters. The molecule has 0 aliphatic heterocycles. The van der Waals surface area contributed by atoms with Crippen molar-refractivity contribution in [2.24, 2.45) is 0 Å². The first-order chi connectivity index (χ1) is 14.5. The molecule has 0 atom stereocenters. The van der Waals surface area contributed by atoms with Gasteiger partial charge in [0, 0.05) is 17.4 Å². The molecule has 0 bridgehead atoms. The third-order valence-electron chi connectivity index (χ3n) is 4.51. The molecular weight excluding hydrogens is 385 g/mol. The van der Waals surface area contributed by atoms with Gasteiger partial charge in [-0.25, -0.2) is 13.7 Å². The first kappa shape index (κ1) is 18.9. The van der Waals surface area contributed by atoms with Gasteiger partial charge in [-0.15, -0.1) is 5.10 Å². The molecule has 0 radical (unpaired) electrons. The zero-order valence-corrected chi connectivity index (χ0v) is 15.8. The lowest BCUT2D eigenvalue weighted by atomic mass is 10.1. The number of nitrogen functional groups attached to an aromatic ring is 1. The maximum absolute atomic E-state index is 14.2. The van der Waals surface area contributed by atoms with Gasteiger partial charge in [-0.2, -0.15) is 5.26 Å². The first-order valence-electron chi connectivity index (χ1n) is 8.94. The molecule has 4 aromatic rings. The number of benzene rings is 2. The number of amides is 2. The Balaban J connectivity index is 1.53. The fourth-order valence-corrected chi connectivity index (χ4v) is 3.16. The number of nitrogens with two attached hydrogens (primary N) is 1. The van der Waals surface area contributed by atoms with Crippen LogP contribution in [-0.2, 0) is 0 Å². The minimum absolute atomic E-state index is 0.0592. The minimum atomic E-state index is -0.770. The van der Waals surface area contributed by atoms with E-state index in [1.54, 1.807) is 35.8 Å². The molecule has 2 amide bonds. The van der Waals surface area contributed by atoms with Crippen LogP contribution >= 0.6 is 0 Å². The number of aryl methyl sites for hydroxylation is 1. The summed E-state index contributed by atoms with van der Waals surface area (Å²) in [7, 11) is 0. The van der Waals surface area contributed by atoms with Gasteiger partial charge in [0.25, 0.3) is 0 Å². The second-order valence-corrected chi connectivity index (χ2v) is 6.63. The molecule has 8 nitrogen and oxygen atoms in total. The molecule has 0 aliphatic rings. The summed E-state index contributed by atoms with van der Waals surface area (Å²) in [5.74, 6) is -0.446. The number of hydrogen-bond donors (Lipinski definition) is 3. The molecule has 0 saturated heterocycles. The number of pyridine rings is 1. The number of urea groups is 1. The molecule has 148 valence electrons. The molecule has 2 aromatic carbocycles. The monoisotopic (exact) mass is 401 g/mol. The van der Waals surface area contributed by atoms with Crippen LogP contribution in [0, 0.1) is 24.1 Å². The Morgan fingerprint density at radius 3 is 2.70 bits per heavy atom. The number of nitrogens with one attached hydrogen (secondary N) is 2. The lowest BCUT2D eigenvalue weighted by molar-refractivity contribution is 0.262. The van der Waals surface area contributed by atoms with E-state index in [1.165, 1.54) is 12.1 Å². The van der Waals surface area contributed by atoms with Crippen molar-refractivity contribution >= 4 is 28.7 Å². The van der Waals surface area contributed by atoms with Crippen LogP contribution in [0.3, 0.4) is 0 Å². The Labute approximate surface area is 170 Å². The second kappa shape index (κ2) is 7.52. The quantitative estimate of drug-likeness (QED) is 0.480. The summed E-state index contributed by atoms with van der Waals surface area (Å²) in [6, 6.07) is 14.8. The van der Waals surface area contributed by atoms with E-state index in [1.807, 2.05) is 24.3 Å². The van der Waals surface area contributed by atoms with Crippen LogP contribution in [0.4, 0.5) is 26.4 Å². The average molecular weight is 401 g/mol. The lowest BCUT2D eigenvalue weighted by Gasteiger charge is -2.11. The Kier molecular flexibility index (Phi) is 4.74. The standard InChI is InChI=1S/C21H16FN7O/c1-12-9-14(11-23)18(22)17(10-12)26-21(30)25-15-6-4-13(5-7-15)16-3-2-8-29-19(16)20(24)27-28-29/h2-10H,24H2,1H3,(H2,25,26,30). The van der Waals surface area contributed by atoms with Crippen molar-refractivity contribution in [3.63, 3.8) is 0 Å². The fraction of sp³-hybridized carbons (Fsp3) is 0.0476. The van der Waals surface area contributed by atoms with Crippen LogP contribution in [0.1, 0.15) is 11.1 Å². The van der Waals surface area contributed by atoms with Gasteiger partial charge >= 0.3 is 6.03 Å². The summed E-state index contributed by atoms with van der Waals surface area (Å²) >= 11 is 0. The predicted octanol–water partition coefficient (Wildman–Crippen LogP) is 3.94. The maximum atomic E-state index is 14.2. The van der Waals surface area contributed by atoms with E-state index in [0.29, 0.717) is 22.6 Å². The van der Waals surface area contributed by atoms with Gasteiger partial charge in [0.05, 0.1) is 11.3 Å². The van der Waals surface area contributed by atoms with Crippen LogP contribution in [0.15, 0.2) is 54.7 Å². The summed E-state index contributed by atoms with van der Waals surface area (Å²) in [6.07, 6.45) is 1.75. The molecule has 4 N–H and O–H groups in total. The van der Waals surface area contributed by atoms with Gasteiger partial charge in [0.15, 0.2) is 11.6 Å². The highest BCUT2D eigenvalue weighted by atomic mass is 19.1. The van der Waals surface area contributed by atoms with Gasteiger partial charge in [-0.1, -0.05) is 23.4 Å². The molecule has 4 rings (SSSR count). The van der Waals surface area contributed by atoms with E-state index >= 15 is 0 Å². The predicted molar refractivity (Wildman–Crippen MR) is 111 cm³/mol. The molecule has 0 saturated carbocycles. The van der Waals surface area contributed by atoms with Gasteiger partial charge in [-0.3, -0.25) is 0 Å². The Morgan fingerprint density at radius 1 is 1.20 bits per heavy atom. The number of rotatable bonds is 3. The van der Waals surface area contributed by atoms with E-state index in [9.17, 15) is 9.18 Å². The van der Waals surface area contributed by atoms with Crippen molar-refractivity contribution in [2.45, 2.75) is 6.92 Å². The first-order valence-corrected chi connectivity index (χ1v) is 8.94. The Hall–Kier alpha value is -4.45. The van der Waals surface area contributed by atoms with E-state index in [0.717, 1.165) is 11.1 Å². The van der Waals surface area contributed by atoms with Crippen molar-refractivity contribution in [3.05, 3.63) is 71.7 Å². The van der Waals surface area contributed by atoms with Crippen LogP contribution in [0.2, 0.25) is 0 Å². The molecule has 2 aromatic heterocycles. The van der Waals surface area contributed by atoms with Crippen LogP contribution < -0.4 is 16.4 Å². The van der Waals surface area contributed by atoms with Crippen molar-refractivity contribution in [1.82, 2.24) is 14.8 Å². The highest BCUT2D eigenvalue weighted by molar-refractivity contribution is 6.00. The number of anilines is 3. The van der Waals surface area contributed by atoms with Gasteiger partial charge < -0.3 is 16.4 Å². The summed E-state index contributed by atoms with van der Waals surface area (Å²) in [4.78, 5) is 12.3. The van der Waals surface area contributed by atoms with Crippen LogP contribution in [0.5, 0.6) is 0 Å². The highest BCUT2D eigenvalue weighted by Crippen LogP contribution is 2.28. The molecule has 0 spiro atoms. The number of carbonyl (C=O) groups is 1. The Morgan fingerprint density at radius 2 is 1.97 bits per heavy atom. The van der Waals surface area contributed by atoms with Crippen LogP contribution in [0.25, 0.3) is 16.6 Å². The highest BCUT2D eigenvalue weighted by Gasteiger charge is 2.13. The molecular formula is C21H16FN7O. The zero-order valence-electron chi connectivity index (χ0n) is 15.8. The largest absolute Gasteiger partial charge is 0.380 e. The number of aromatic nitrogens is 3. The molecule has 2 heterocycles. The zero-order chi connectivity index (χ0) is 21.3. The van der Waals surface area contributed by atoms with Crippen molar-refractivity contribution < 1.29 is 9.18 Å². The van der Waals surface area contributed by atoms with Crippen molar-refractivity contribution in [3.8, 4) is 17.2 Å². The molecule has 30 heavy (non-hydrogen) atoms. The number of nitrogens with zero attached hydrogens (tertiary/aromatic N) is 4. The lowest BCUT2D eigenvalue weighted by Crippen LogP contribution is -2.20. The second-order valence-electron chi connectivity index (χ2n) is 6.63. The molecule has 0 fully saturated rings. The molecule has 9 heteroatoms. The number of fused-ring (bicyclic) bond motifs is 1. The Bertz CT molecular complexity index is 1310. The summed E-state index contributed by atoms with van der Waals surface area (Å²) in [5, 5.41) is 21.9. The topological polar surface area (TPSA) is 121 Å². The van der Waals surface area contributed by atoms with E-state index in [2.05, 4.69) is 20.9 Å².